The highest BCUT2D eigenvalue weighted by atomic mass is 35.5. The molecular formula is C17H19ClN4O. The quantitative estimate of drug-likeness (QED) is 0.698. The Kier molecular flexibility index (Phi) is 4.88. The molecule has 1 N–H and O–H groups in total. The lowest BCUT2D eigenvalue weighted by Gasteiger charge is -2.07. The van der Waals surface area contributed by atoms with E-state index in [0.29, 0.717) is 18.9 Å². The van der Waals surface area contributed by atoms with Gasteiger partial charge in [0.25, 0.3) is 0 Å². The third-order valence-electron chi connectivity index (χ3n) is 3.58. The summed E-state index contributed by atoms with van der Waals surface area (Å²) < 4.78 is 5.23. The van der Waals surface area contributed by atoms with Gasteiger partial charge < -0.3 is 9.84 Å². The fraction of sp³-hybridized carbons (Fsp3) is 0.353. The van der Waals surface area contributed by atoms with Crippen LogP contribution in [0.4, 0.5) is 0 Å². The van der Waals surface area contributed by atoms with Crippen molar-refractivity contribution in [2.45, 2.75) is 32.7 Å². The molecule has 120 valence electrons. The minimum atomic E-state index is 0.282. The molecule has 0 unspecified atom stereocenters. The van der Waals surface area contributed by atoms with Crippen molar-refractivity contribution in [3.05, 3.63) is 52.8 Å². The number of fused-ring (bicyclic) bond motifs is 1. The summed E-state index contributed by atoms with van der Waals surface area (Å²) in [6, 6.07) is 7.81. The van der Waals surface area contributed by atoms with Crippen molar-refractivity contribution in [3.63, 3.8) is 0 Å². The molecule has 3 aromatic rings. The Morgan fingerprint density at radius 3 is 2.96 bits per heavy atom. The summed E-state index contributed by atoms with van der Waals surface area (Å²) in [5.41, 5.74) is 2.06. The lowest BCUT2D eigenvalue weighted by molar-refractivity contribution is 0.369. The molecule has 3 rings (SSSR count). The molecule has 0 aliphatic heterocycles. The maximum atomic E-state index is 6.18. The number of nitrogens with zero attached hydrogens (tertiary/aromatic N) is 3. The van der Waals surface area contributed by atoms with Crippen LogP contribution in [0.15, 0.2) is 35.0 Å². The molecule has 0 saturated carbocycles. The maximum absolute atomic E-state index is 6.18. The minimum absolute atomic E-state index is 0.282. The van der Waals surface area contributed by atoms with Gasteiger partial charge in [0.2, 0.25) is 5.89 Å². The standard InChI is InChI=1S/C17H19ClN4O/c1-11(2)17-21-15(23-22-17)5-7-19-10-13-9-14(18)8-12-4-3-6-20-16(12)13/h3-4,6,8-9,11,19H,5,7,10H2,1-2H3. The number of nitrogens with one attached hydrogen (secondary N) is 1. The molecule has 0 atom stereocenters. The summed E-state index contributed by atoms with van der Waals surface area (Å²) in [5.74, 6) is 1.70. The van der Waals surface area contributed by atoms with E-state index in [1.165, 1.54) is 0 Å². The van der Waals surface area contributed by atoms with Crippen molar-refractivity contribution < 1.29 is 4.52 Å². The van der Waals surface area contributed by atoms with E-state index >= 15 is 0 Å². The van der Waals surface area contributed by atoms with Gasteiger partial charge in [0.05, 0.1) is 5.52 Å². The molecule has 1 aromatic carbocycles. The van der Waals surface area contributed by atoms with Crippen LogP contribution in [-0.4, -0.2) is 21.7 Å². The molecule has 0 radical (unpaired) electrons. The zero-order chi connectivity index (χ0) is 16.2. The van der Waals surface area contributed by atoms with Crippen molar-refractivity contribution in [1.82, 2.24) is 20.4 Å². The SMILES string of the molecule is CC(C)c1noc(CCNCc2cc(Cl)cc3cccnc23)n1. The van der Waals surface area contributed by atoms with Crippen LogP contribution in [0.2, 0.25) is 5.02 Å². The second kappa shape index (κ2) is 7.06. The smallest absolute Gasteiger partial charge is 0.227 e. The zero-order valence-corrected chi connectivity index (χ0v) is 14.0. The number of pyridine rings is 1. The highest BCUT2D eigenvalue weighted by Crippen LogP contribution is 2.22. The second-order valence-electron chi connectivity index (χ2n) is 5.77. The monoisotopic (exact) mass is 330 g/mol. The summed E-state index contributed by atoms with van der Waals surface area (Å²) >= 11 is 6.18. The fourth-order valence-corrected chi connectivity index (χ4v) is 2.63. The third-order valence-corrected chi connectivity index (χ3v) is 3.80. The van der Waals surface area contributed by atoms with E-state index in [4.69, 9.17) is 16.1 Å². The predicted octanol–water partition coefficient (Wildman–Crippen LogP) is 3.73. The highest BCUT2D eigenvalue weighted by molar-refractivity contribution is 6.31. The number of rotatable bonds is 6. The third kappa shape index (κ3) is 3.86. The first-order valence-electron chi connectivity index (χ1n) is 7.70. The Balaban J connectivity index is 1.60. The first-order chi connectivity index (χ1) is 11.1. The van der Waals surface area contributed by atoms with Gasteiger partial charge in [-0.3, -0.25) is 4.98 Å². The average molecular weight is 331 g/mol. The van der Waals surface area contributed by atoms with E-state index in [1.807, 2.05) is 38.1 Å². The number of halogens is 1. The van der Waals surface area contributed by atoms with Gasteiger partial charge in [-0.05, 0) is 23.8 Å². The Bertz CT molecular complexity index is 800. The van der Waals surface area contributed by atoms with Crippen LogP contribution in [0.5, 0.6) is 0 Å². The van der Waals surface area contributed by atoms with Gasteiger partial charge in [-0.15, -0.1) is 0 Å². The molecule has 2 heterocycles. The first kappa shape index (κ1) is 15.9. The van der Waals surface area contributed by atoms with Gasteiger partial charge in [0.1, 0.15) is 0 Å². The molecule has 5 nitrogen and oxygen atoms in total. The van der Waals surface area contributed by atoms with Gasteiger partial charge in [0.15, 0.2) is 5.82 Å². The fourth-order valence-electron chi connectivity index (χ4n) is 2.38. The molecule has 6 heteroatoms. The highest BCUT2D eigenvalue weighted by Gasteiger charge is 2.09. The Morgan fingerprint density at radius 2 is 2.17 bits per heavy atom. The number of benzene rings is 1. The molecule has 2 aromatic heterocycles. The predicted molar refractivity (Wildman–Crippen MR) is 90.6 cm³/mol. The number of aromatic nitrogens is 3. The maximum Gasteiger partial charge on any atom is 0.227 e. The Morgan fingerprint density at radius 1 is 1.30 bits per heavy atom. The first-order valence-corrected chi connectivity index (χ1v) is 8.07. The topological polar surface area (TPSA) is 63.8 Å². The van der Waals surface area contributed by atoms with Crippen LogP contribution >= 0.6 is 11.6 Å². The van der Waals surface area contributed by atoms with E-state index in [-0.39, 0.29) is 5.92 Å². The number of hydrogen-bond donors (Lipinski definition) is 1. The van der Waals surface area contributed by atoms with Crippen molar-refractivity contribution >= 4 is 22.5 Å². The van der Waals surface area contributed by atoms with E-state index in [0.717, 1.165) is 33.9 Å². The summed E-state index contributed by atoms with van der Waals surface area (Å²) in [4.78, 5) is 8.81. The summed E-state index contributed by atoms with van der Waals surface area (Å²) in [6.45, 7) is 5.54. The van der Waals surface area contributed by atoms with Gasteiger partial charge in [0, 0.05) is 42.0 Å². The summed E-state index contributed by atoms with van der Waals surface area (Å²) in [6.07, 6.45) is 2.50. The Hall–Kier alpha value is -1.98. The van der Waals surface area contributed by atoms with Crippen LogP contribution < -0.4 is 5.32 Å². The summed E-state index contributed by atoms with van der Waals surface area (Å²) in [5, 5.41) is 9.12. The molecule has 0 amide bonds. The second-order valence-corrected chi connectivity index (χ2v) is 6.20. The molecule has 0 spiro atoms. The van der Waals surface area contributed by atoms with Crippen molar-refractivity contribution in [1.29, 1.82) is 0 Å². The lowest BCUT2D eigenvalue weighted by Crippen LogP contribution is -2.17. The van der Waals surface area contributed by atoms with E-state index in [9.17, 15) is 0 Å². The van der Waals surface area contributed by atoms with Gasteiger partial charge in [-0.1, -0.05) is 36.7 Å². The van der Waals surface area contributed by atoms with Crippen molar-refractivity contribution in [3.8, 4) is 0 Å². The summed E-state index contributed by atoms with van der Waals surface area (Å²) in [7, 11) is 0. The minimum Gasteiger partial charge on any atom is -0.339 e. The molecule has 0 fully saturated rings. The molecular weight excluding hydrogens is 312 g/mol. The Labute approximate surface area is 140 Å². The molecule has 0 aliphatic rings. The van der Waals surface area contributed by atoms with Crippen molar-refractivity contribution in [2.75, 3.05) is 6.54 Å². The van der Waals surface area contributed by atoms with E-state index in [2.05, 4.69) is 20.4 Å². The molecule has 0 aliphatic carbocycles. The lowest BCUT2D eigenvalue weighted by atomic mass is 10.1. The van der Waals surface area contributed by atoms with Gasteiger partial charge in [-0.25, -0.2) is 0 Å². The zero-order valence-electron chi connectivity index (χ0n) is 13.2. The van der Waals surface area contributed by atoms with Crippen LogP contribution in [0.3, 0.4) is 0 Å². The van der Waals surface area contributed by atoms with Crippen LogP contribution in [-0.2, 0) is 13.0 Å². The molecule has 23 heavy (non-hydrogen) atoms. The number of hydrogen-bond acceptors (Lipinski definition) is 5. The van der Waals surface area contributed by atoms with Crippen LogP contribution in [0, 0.1) is 0 Å². The molecule has 0 bridgehead atoms. The largest absolute Gasteiger partial charge is 0.339 e. The molecule has 0 saturated heterocycles. The van der Waals surface area contributed by atoms with E-state index < -0.39 is 0 Å². The normalized spacial score (nSPS) is 11.5. The van der Waals surface area contributed by atoms with Gasteiger partial charge >= 0.3 is 0 Å². The van der Waals surface area contributed by atoms with Crippen LogP contribution in [0.1, 0.15) is 37.0 Å². The van der Waals surface area contributed by atoms with E-state index in [1.54, 1.807) is 6.20 Å². The van der Waals surface area contributed by atoms with Crippen LogP contribution in [0.25, 0.3) is 10.9 Å². The average Bonchev–Trinajstić information content (AvgIpc) is 3.00. The van der Waals surface area contributed by atoms with Crippen molar-refractivity contribution in [2.24, 2.45) is 0 Å². The van der Waals surface area contributed by atoms with Gasteiger partial charge in [-0.2, -0.15) is 4.98 Å².